The Hall–Kier alpha value is -1.23. The standard InChI is InChI=1S/C15H20N2OS/c1-9-4-5-12(6-10(9)2)13(7-16)15(18)14-8-17-11(3)19-14/h4-6,8,13,15,18H,7,16H2,1-3H3. The summed E-state index contributed by atoms with van der Waals surface area (Å²) in [6, 6.07) is 6.25. The highest BCUT2D eigenvalue weighted by molar-refractivity contribution is 7.11. The highest BCUT2D eigenvalue weighted by Crippen LogP contribution is 2.33. The summed E-state index contributed by atoms with van der Waals surface area (Å²) in [5, 5.41) is 11.5. The van der Waals surface area contributed by atoms with E-state index in [-0.39, 0.29) is 5.92 Å². The maximum Gasteiger partial charge on any atom is 0.0978 e. The van der Waals surface area contributed by atoms with Crippen molar-refractivity contribution in [2.45, 2.75) is 32.8 Å². The summed E-state index contributed by atoms with van der Waals surface area (Å²) in [5.74, 6) is -0.0841. The Kier molecular flexibility index (Phi) is 4.34. The molecule has 0 aliphatic rings. The molecule has 1 aromatic heterocycles. The zero-order valence-corrected chi connectivity index (χ0v) is 12.4. The van der Waals surface area contributed by atoms with Gasteiger partial charge in [0.1, 0.15) is 0 Å². The molecule has 4 heteroatoms. The van der Waals surface area contributed by atoms with Gasteiger partial charge in [-0.2, -0.15) is 0 Å². The number of thiazole rings is 1. The van der Waals surface area contributed by atoms with Gasteiger partial charge in [-0.3, -0.25) is 0 Å². The minimum atomic E-state index is -0.585. The van der Waals surface area contributed by atoms with Crippen molar-refractivity contribution in [2.24, 2.45) is 5.73 Å². The third-order valence-electron chi connectivity index (χ3n) is 3.52. The SMILES string of the molecule is Cc1ncc(C(O)C(CN)c2ccc(C)c(C)c2)s1. The van der Waals surface area contributed by atoms with Gasteiger partial charge in [0.15, 0.2) is 0 Å². The van der Waals surface area contributed by atoms with Crippen molar-refractivity contribution in [3.8, 4) is 0 Å². The topological polar surface area (TPSA) is 59.1 Å². The molecule has 0 spiro atoms. The lowest BCUT2D eigenvalue weighted by Crippen LogP contribution is -2.19. The number of rotatable bonds is 4. The third-order valence-corrected chi connectivity index (χ3v) is 4.51. The number of aliphatic hydroxyl groups excluding tert-OH is 1. The van der Waals surface area contributed by atoms with Crippen LogP contribution in [-0.4, -0.2) is 16.6 Å². The predicted octanol–water partition coefficient (Wildman–Crippen LogP) is 2.84. The number of hydrogen-bond acceptors (Lipinski definition) is 4. The van der Waals surface area contributed by atoms with Crippen LogP contribution in [0.1, 0.15) is 38.6 Å². The normalized spacial score (nSPS) is 14.4. The lowest BCUT2D eigenvalue weighted by Gasteiger charge is -2.21. The molecule has 1 aromatic carbocycles. The van der Waals surface area contributed by atoms with E-state index >= 15 is 0 Å². The quantitative estimate of drug-likeness (QED) is 0.902. The summed E-state index contributed by atoms with van der Waals surface area (Å²) in [7, 11) is 0. The Morgan fingerprint density at radius 3 is 2.53 bits per heavy atom. The maximum absolute atomic E-state index is 10.5. The van der Waals surface area contributed by atoms with Gasteiger partial charge in [0.2, 0.25) is 0 Å². The molecule has 102 valence electrons. The summed E-state index contributed by atoms with van der Waals surface area (Å²) in [5.41, 5.74) is 9.43. The summed E-state index contributed by atoms with van der Waals surface area (Å²) in [6.45, 7) is 6.52. The molecular weight excluding hydrogens is 256 g/mol. The Balaban J connectivity index is 2.30. The number of nitrogens with zero attached hydrogens (tertiary/aromatic N) is 1. The molecule has 0 bridgehead atoms. The Labute approximate surface area is 118 Å². The van der Waals surface area contributed by atoms with Crippen molar-refractivity contribution in [1.82, 2.24) is 4.98 Å². The van der Waals surface area contributed by atoms with Gasteiger partial charge in [-0.05, 0) is 37.5 Å². The number of aryl methyl sites for hydroxylation is 3. The molecule has 2 unspecified atom stereocenters. The average Bonchev–Trinajstić information content (AvgIpc) is 2.81. The highest BCUT2D eigenvalue weighted by atomic mass is 32.1. The van der Waals surface area contributed by atoms with Gasteiger partial charge in [0, 0.05) is 18.7 Å². The number of benzene rings is 1. The Morgan fingerprint density at radius 2 is 2.00 bits per heavy atom. The third kappa shape index (κ3) is 3.03. The molecule has 0 amide bonds. The summed E-state index contributed by atoms with van der Waals surface area (Å²) in [6.07, 6.45) is 1.16. The fourth-order valence-electron chi connectivity index (χ4n) is 2.16. The molecule has 2 aromatic rings. The fraction of sp³-hybridized carbons (Fsp3) is 0.400. The fourth-order valence-corrected chi connectivity index (χ4v) is 2.99. The van der Waals surface area contributed by atoms with Crippen LogP contribution >= 0.6 is 11.3 Å². The predicted molar refractivity (Wildman–Crippen MR) is 79.5 cm³/mol. The number of aromatic nitrogens is 1. The average molecular weight is 276 g/mol. The molecule has 19 heavy (non-hydrogen) atoms. The summed E-state index contributed by atoms with van der Waals surface area (Å²) < 4.78 is 0. The highest BCUT2D eigenvalue weighted by Gasteiger charge is 2.23. The maximum atomic E-state index is 10.5. The van der Waals surface area contributed by atoms with Gasteiger partial charge < -0.3 is 10.8 Å². The van der Waals surface area contributed by atoms with Gasteiger partial charge in [-0.15, -0.1) is 11.3 Å². The second kappa shape index (κ2) is 5.82. The van der Waals surface area contributed by atoms with E-state index in [4.69, 9.17) is 5.73 Å². The van der Waals surface area contributed by atoms with Crippen molar-refractivity contribution in [1.29, 1.82) is 0 Å². The van der Waals surface area contributed by atoms with Crippen LogP contribution in [0.15, 0.2) is 24.4 Å². The van der Waals surface area contributed by atoms with E-state index in [0.717, 1.165) is 15.4 Å². The smallest absolute Gasteiger partial charge is 0.0978 e. The lowest BCUT2D eigenvalue weighted by atomic mass is 9.90. The first kappa shape index (κ1) is 14.2. The van der Waals surface area contributed by atoms with Gasteiger partial charge >= 0.3 is 0 Å². The van der Waals surface area contributed by atoms with Crippen LogP contribution in [0, 0.1) is 20.8 Å². The summed E-state index contributed by atoms with van der Waals surface area (Å²) in [4.78, 5) is 5.08. The first-order chi connectivity index (χ1) is 9.02. The molecule has 0 radical (unpaired) electrons. The van der Waals surface area contributed by atoms with E-state index in [9.17, 15) is 5.11 Å². The van der Waals surface area contributed by atoms with E-state index in [2.05, 4.69) is 37.0 Å². The molecule has 0 saturated carbocycles. The minimum Gasteiger partial charge on any atom is -0.387 e. The van der Waals surface area contributed by atoms with Crippen LogP contribution in [0.5, 0.6) is 0 Å². The molecule has 0 fully saturated rings. The van der Waals surface area contributed by atoms with Crippen LogP contribution in [-0.2, 0) is 0 Å². The van der Waals surface area contributed by atoms with Gasteiger partial charge in [-0.1, -0.05) is 18.2 Å². The molecule has 0 aliphatic heterocycles. The van der Waals surface area contributed by atoms with E-state index < -0.39 is 6.10 Å². The van der Waals surface area contributed by atoms with Crippen molar-refractivity contribution in [3.05, 3.63) is 51.0 Å². The molecule has 1 heterocycles. The number of nitrogens with two attached hydrogens (primary N) is 1. The summed E-state index contributed by atoms with van der Waals surface area (Å²) >= 11 is 1.52. The van der Waals surface area contributed by atoms with Gasteiger partial charge in [0.05, 0.1) is 16.0 Å². The zero-order valence-electron chi connectivity index (χ0n) is 11.6. The van der Waals surface area contributed by atoms with Crippen LogP contribution in [0.25, 0.3) is 0 Å². The second-order valence-corrected chi connectivity index (χ2v) is 6.18. The van der Waals surface area contributed by atoms with Crippen LogP contribution in [0.4, 0.5) is 0 Å². The van der Waals surface area contributed by atoms with Crippen LogP contribution in [0.3, 0.4) is 0 Å². The monoisotopic (exact) mass is 276 g/mol. The molecule has 0 saturated heterocycles. The largest absolute Gasteiger partial charge is 0.387 e. The van der Waals surface area contributed by atoms with Crippen LogP contribution in [0.2, 0.25) is 0 Å². The lowest BCUT2D eigenvalue weighted by molar-refractivity contribution is 0.151. The van der Waals surface area contributed by atoms with Crippen molar-refractivity contribution in [2.75, 3.05) is 6.54 Å². The van der Waals surface area contributed by atoms with E-state index in [1.807, 2.05) is 6.92 Å². The molecule has 0 aliphatic carbocycles. The molecule has 3 nitrogen and oxygen atoms in total. The molecule has 3 N–H and O–H groups in total. The minimum absolute atomic E-state index is 0.0841. The van der Waals surface area contributed by atoms with Gasteiger partial charge in [-0.25, -0.2) is 4.98 Å². The van der Waals surface area contributed by atoms with Gasteiger partial charge in [0.25, 0.3) is 0 Å². The number of hydrogen-bond donors (Lipinski definition) is 2. The molecule has 2 atom stereocenters. The van der Waals surface area contributed by atoms with E-state index in [0.29, 0.717) is 6.54 Å². The van der Waals surface area contributed by atoms with Crippen LogP contribution < -0.4 is 5.73 Å². The molecule has 2 rings (SSSR count). The van der Waals surface area contributed by atoms with Crippen molar-refractivity contribution in [3.63, 3.8) is 0 Å². The van der Waals surface area contributed by atoms with Crippen molar-refractivity contribution < 1.29 is 5.11 Å². The first-order valence-corrected chi connectivity index (χ1v) is 7.22. The van der Waals surface area contributed by atoms with E-state index in [1.165, 1.54) is 22.5 Å². The zero-order chi connectivity index (χ0) is 14.0. The first-order valence-electron chi connectivity index (χ1n) is 6.40. The Bertz CT molecular complexity index is 565. The van der Waals surface area contributed by atoms with Crippen molar-refractivity contribution >= 4 is 11.3 Å². The Morgan fingerprint density at radius 1 is 1.26 bits per heavy atom. The second-order valence-electron chi connectivity index (χ2n) is 4.91. The molecular formula is C15H20N2OS. The van der Waals surface area contributed by atoms with E-state index in [1.54, 1.807) is 6.20 Å². The number of aliphatic hydroxyl groups is 1.